The van der Waals surface area contributed by atoms with Crippen LogP contribution < -0.4 is 5.73 Å². The van der Waals surface area contributed by atoms with E-state index in [0.717, 1.165) is 34.9 Å². The van der Waals surface area contributed by atoms with E-state index in [9.17, 15) is 0 Å². The number of ether oxygens (including phenoxy) is 1. The lowest BCUT2D eigenvalue weighted by atomic mass is 10.1. The van der Waals surface area contributed by atoms with Crippen LogP contribution in [0.15, 0.2) is 31.0 Å². The highest BCUT2D eigenvalue weighted by molar-refractivity contribution is 6.76. The van der Waals surface area contributed by atoms with Gasteiger partial charge in [-0.1, -0.05) is 19.6 Å². The fraction of sp³-hybridized carbons (Fsp3) is 0.375. The van der Waals surface area contributed by atoms with Gasteiger partial charge < -0.3 is 20.0 Å². The highest BCUT2D eigenvalue weighted by Crippen LogP contribution is 2.29. The van der Waals surface area contributed by atoms with Crippen molar-refractivity contribution in [2.75, 3.05) is 12.3 Å². The van der Waals surface area contributed by atoms with Crippen molar-refractivity contribution in [3.8, 4) is 11.3 Å². The topological polar surface area (TPSA) is 81.8 Å². The zero-order valence-corrected chi connectivity index (χ0v) is 14.8. The van der Waals surface area contributed by atoms with E-state index in [4.69, 9.17) is 10.5 Å². The number of H-pyrrole nitrogens is 1. The molecule has 23 heavy (non-hydrogen) atoms. The van der Waals surface area contributed by atoms with Gasteiger partial charge in [0, 0.05) is 44.2 Å². The monoisotopic (exact) mass is 329 g/mol. The minimum atomic E-state index is -1.06. The maximum atomic E-state index is 5.99. The van der Waals surface area contributed by atoms with Crippen LogP contribution in [0.3, 0.4) is 0 Å². The molecule has 0 aromatic carbocycles. The minimum Gasteiger partial charge on any atom is -0.397 e. The molecule has 3 rings (SSSR count). The minimum absolute atomic E-state index is 0.507. The normalized spacial score (nSPS) is 12.1. The molecule has 0 fully saturated rings. The van der Waals surface area contributed by atoms with Gasteiger partial charge in [-0.2, -0.15) is 0 Å². The van der Waals surface area contributed by atoms with Crippen LogP contribution in [-0.2, 0) is 11.5 Å². The molecule has 0 atom stereocenters. The number of hydrogen-bond acceptors (Lipinski definition) is 4. The number of fused-ring (bicyclic) bond motifs is 1. The van der Waals surface area contributed by atoms with E-state index in [1.807, 2.05) is 23.0 Å². The summed E-state index contributed by atoms with van der Waals surface area (Å²) in [6, 6.07) is 3.17. The van der Waals surface area contributed by atoms with E-state index < -0.39 is 8.07 Å². The van der Waals surface area contributed by atoms with Gasteiger partial charge in [-0.15, -0.1) is 0 Å². The van der Waals surface area contributed by atoms with E-state index >= 15 is 0 Å². The fourth-order valence-electron chi connectivity index (χ4n) is 2.44. The molecular weight excluding hydrogens is 306 g/mol. The molecule has 0 amide bonds. The second-order valence-corrected chi connectivity index (χ2v) is 12.5. The summed E-state index contributed by atoms with van der Waals surface area (Å²) in [5.74, 6) is 0. The van der Waals surface area contributed by atoms with Gasteiger partial charge in [0.25, 0.3) is 0 Å². The third-order valence-electron chi connectivity index (χ3n) is 3.82. The maximum Gasteiger partial charge on any atom is 0.145 e. The van der Waals surface area contributed by atoms with Crippen molar-refractivity contribution >= 4 is 24.8 Å². The first kappa shape index (κ1) is 15.8. The zero-order valence-electron chi connectivity index (χ0n) is 13.8. The second kappa shape index (κ2) is 6.17. The van der Waals surface area contributed by atoms with Crippen LogP contribution in [0.5, 0.6) is 0 Å². The lowest BCUT2D eigenvalue weighted by Gasteiger charge is -2.15. The summed E-state index contributed by atoms with van der Waals surface area (Å²) >= 11 is 0. The van der Waals surface area contributed by atoms with E-state index in [2.05, 4.69) is 34.6 Å². The lowest BCUT2D eigenvalue weighted by molar-refractivity contribution is 0.0899. The number of nitrogens with one attached hydrogen (secondary N) is 1. The average molecular weight is 329 g/mol. The van der Waals surface area contributed by atoms with Crippen LogP contribution in [0.2, 0.25) is 25.7 Å². The van der Waals surface area contributed by atoms with Crippen molar-refractivity contribution in [1.29, 1.82) is 0 Å². The van der Waals surface area contributed by atoms with E-state index in [1.54, 1.807) is 12.5 Å². The fourth-order valence-corrected chi connectivity index (χ4v) is 3.20. The summed E-state index contributed by atoms with van der Waals surface area (Å²) in [7, 11) is -1.06. The molecule has 0 radical (unpaired) electrons. The molecule has 0 unspecified atom stereocenters. The Kier molecular flexibility index (Phi) is 4.23. The quantitative estimate of drug-likeness (QED) is 0.537. The predicted octanol–water partition coefficient (Wildman–Crippen LogP) is 3.32. The van der Waals surface area contributed by atoms with Crippen molar-refractivity contribution in [3.05, 3.63) is 31.0 Å². The van der Waals surface area contributed by atoms with Gasteiger partial charge in [0.05, 0.1) is 11.4 Å². The van der Waals surface area contributed by atoms with Gasteiger partial charge in [-0.25, -0.2) is 9.97 Å². The highest BCUT2D eigenvalue weighted by Gasteiger charge is 2.14. The first-order chi connectivity index (χ1) is 11.0. The number of nitrogens with zero attached hydrogens (tertiary/aromatic N) is 3. The number of aromatic amines is 1. The highest BCUT2D eigenvalue weighted by atomic mass is 28.3. The van der Waals surface area contributed by atoms with Crippen LogP contribution in [0, 0.1) is 0 Å². The van der Waals surface area contributed by atoms with Crippen LogP contribution >= 0.6 is 0 Å². The Balaban J connectivity index is 1.81. The van der Waals surface area contributed by atoms with E-state index in [-0.39, 0.29) is 0 Å². The Hall–Kier alpha value is -2.12. The first-order valence-corrected chi connectivity index (χ1v) is 11.5. The molecule has 3 N–H and O–H groups in total. The molecule has 3 aromatic rings. The predicted molar refractivity (Wildman–Crippen MR) is 95.8 cm³/mol. The maximum absolute atomic E-state index is 5.99. The molecule has 7 heteroatoms. The van der Waals surface area contributed by atoms with Crippen LogP contribution in [0.4, 0.5) is 5.69 Å². The number of nitrogens with two attached hydrogens (primary N) is 1. The van der Waals surface area contributed by atoms with Gasteiger partial charge in [-0.3, -0.25) is 0 Å². The summed E-state index contributed by atoms with van der Waals surface area (Å²) in [6.07, 6.45) is 7.18. The van der Waals surface area contributed by atoms with Crippen molar-refractivity contribution in [2.45, 2.75) is 32.4 Å². The molecular formula is C16H23N5OSi. The summed E-state index contributed by atoms with van der Waals surface area (Å²) in [4.78, 5) is 11.8. The third kappa shape index (κ3) is 3.46. The number of anilines is 1. The zero-order chi connectivity index (χ0) is 16.4. The molecule has 0 saturated heterocycles. The molecule has 3 heterocycles. The summed E-state index contributed by atoms with van der Waals surface area (Å²) in [6.45, 7) is 8.34. The second-order valence-electron chi connectivity index (χ2n) is 6.92. The molecule has 122 valence electrons. The molecule has 0 spiro atoms. The van der Waals surface area contributed by atoms with Crippen molar-refractivity contribution in [3.63, 3.8) is 0 Å². The smallest absolute Gasteiger partial charge is 0.145 e. The molecule has 0 aliphatic heterocycles. The lowest BCUT2D eigenvalue weighted by Crippen LogP contribution is -2.22. The molecule has 0 saturated carbocycles. The van der Waals surface area contributed by atoms with Gasteiger partial charge in [0.2, 0.25) is 0 Å². The Labute approximate surface area is 136 Å². The summed E-state index contributed by atoms with van der Waals surface area (Å²) in [5.41, 5.74) is 9.28. The molecule has 0 bridgehead atoms. The van der Waals surface area contributed by atoms with Crippen LogP contribution in [0.25, 0.3) is 22.3 Å². The SMILES string of the molecule is C[Si](C)(C)CCOCn1ccc2c(-c3c[nH]cc3N)ncnc21. The van der Waals surface area contributed by atoms with E-state index in [0.29, 0.717) is 12.4 Å². The molecule has 0 aliphatic carbocycles. The average Bonchev–Trinajstić information content (AvgIpc) is 3.09. The molecule has 6 nitrogen and oxygen atoms in total. The van der Waals surface area contributed by atoms with Crippen molar-refractivity contribution in [1.82, 2.24) is 19.5 Å². The van der Waals surface area contributed by atoms with Gasteiger partial charge in [0.1, 0.15) is 18.7 Å². The summed E-state index contributed by atoms with van der Waals surface area (Å²) < 4.78 is 7.83. The van der Waals surface area contributed by atoms with Gasteiger partial charge in [-0.05, 0) is 12.1 Å². The largest absolute Gasteiger partial charge is 0.397 e. The Morgan fingerprint density at radius 1 is 1.26 bits per heavy atom. The van der Waals surface area contributed by atoms with Gasteiger partial charge in [0.15, 0.2) is 0 Å². The van der Waals surface area contributed by atoms with Crippen molar-refractivity contribution < 1.29 is 4.74 Å². The first-order valence-electron chi connectivity index (χ1n) is 7.76. The Morgan fingerprint density at radius 2 is 2.09 bits per heavy atom. The number of rotatable bonds is 6. The third-order valence-corrected chi connectivity index (χ3v) is 5.52. The Bertz CT molecular complexity index is 802. The number of hydrogen-bond donors (Lipinski definition) is 2. The van der Waals surface area contributed by atoms with Crippen LogP contribution in [-0.4, -0.2) is 34.2 Å². The van der Waals surface area contributed by atoms with Gasteiger partial charge >= 0.3 is 0 Å². The van der Waals surface area contributed by atoms with Crippen LogP contribution in [0.1, 0.15) is 0 Å². The molecule has 3 aromatic heterocycles. The van der Waals surface area contributed by atoms with E-state index in [1.165, 1.54) is 0 Å². The Morgan fingerprint density at radius 3 is 2.78 bits per heavy atom. The standard InChI is InChI=1S/C16H23N5OSi/c1-23(2,3)7-6-22-11-21-5-4-12-15(19-10-20-16(12)21)13-8-18-9-14(13)17/h4-5,8-10,18H,6-7,11,17H2,1-3H3. The number of aromatic nitrogens is 4. The molecule has 0 aliphatic rings. The summed E-state index contributed by atoms with van der Waals surface area (Å²) in [5, 5.41) is 0.979. The number of nitrogen functional groups attached to an aromatic ring is 1. The van der Waals surface area contributed by atoms with Crippen molar-refractivity contribution in [2.24, 2.45) is 0 Å².